The number of methoxy groups -OCH3 is 1. The Morgan fingerprint density at radius 3 is 1.83 bits per heavy atom. The lowest BCUT2D eigenvalue weighted by atomic mass is 9.78. The topological polar surface area (TPSA) is 63.9 Å². The van der Waals surface area contributed by atoms with Gasteiger partial charge in [-0.05, 0) is 45.6 Å². The zero-order valence-electron chi connectivity index (χ0n) is 15.0. The quantitative estimate of drug-likeness (QED) is 0.673. The van der Waals surface area contributed by atoms with Crippen LogP contribution in [0.3, 0.4) is 0 Å². The number of halogens is 1. The van der Waals surface area contributed by atoms with Crippen molar-refractivity contribution in [3.63, 3.8) is 0 Å². The van der Waals surface area contributed by atoms with Crippen LogP contribution in [-0.4, -0.2) is 17.3 Å². The number of nitrogen functional groups attached to an aromatic ring is 1. The van der Waals surface area contributed by atoms with E-state index in [0.717, 1.165) is 20.6 Å². The molecule has 2 aromatic rings. The van der Waals surface area contributed by atoms with Gasteiger partial charge in [0.1, 0.15) is 5.75 Å². The Bertz CT molecular complexity index is 686. The fourth-order valence-corrected chi connectivity index (χ4v) is 3.19. The number of H-pyrrole nitrogens is 1. The van der Waals surface area contributed by atoms with Gasteiger partial charge in [0.25, 0.3) is 0 Å². The van der Waals surface area contributed by atoms with Crippen molar-refractivity contribution >= 4 is 28.4 Å². The molecule has 0 aliphatic heterocycles. The van der Waals surface area contributed by atoms with E-state index in [1.807, 2.05) is 0 Å². The van der Waals surface area contributed by atoms with Gasteiger partial charge in [-0.1, -0.05) is 41.5 Å². The molecule has 0 bridgehead atoms. The third-order valence-corrected chi connectivity index (χ3v) is 5.02. The third-order valence-electron chi connectivity index (χ3n) is 3.93. The van der Waals surface area contributed by atoms with E-state index in [1.165, 1.54) is 11.1 Å². The van der Waals surface area contributed by atoms with Crippen LogP contribution in [-0.2, 0) is 10.8 Å². The third kappa shape index (κ3) is 3.49. The van der Waals surface area contributed by atoms with Gasteiger partial charge in [-0.25, -0.2) is 0 Å². The molecule has 3 N–H and O–H groups in total. The Morgan fingerprint density at radius 2 is 1.52 bits per heavy atom. The van der Waals surface area contributed by atoms with Crippen molar-refractivity contribution in [2.75, 3.05) is 12.8 Å². The standard InChI is InChI=1S/C18H26IN3O/c1-17(2,3)11-8-10(14-13(19)16(20)22-21-14)9-12(15(11)23-7)18(4,5)6/h8-9H,1-7H3,(H3,20,21,22). The maximum absolute atomic E-state index is 5.91. The predicted molar refractivity (Wildman–Crippen MR) is 105 cm³/mol. The fourth-order valence-electron chi connectivity index (χ4n) is 2.64. The molecule has 1 aromatic heterocycles. The first kappa shape index (κ1) is 18.1. The van der Waals surface area contributed by atoms with Crippen LogP contribution in [0.1, 0.15) is 52.7 Å². The number of nitrogens with zero attached hydrogens (tertiary/aromatic N) is 1. The Balaban J connectivity index is 2.83. The molecule has 23 heavy (non-hydrogen) atoms. The Kier molecular flexibility index (Phi) is 4.72. The van der Waals surface area contributed by atoms with Gasteiger partial charge in [-0.15, -0.1) is 0 Å². The van der Waals surface area contributed by atoms with E-state index >= 15 is 0 Å². The smallest absolute Gasteiger partial charge is 0.159 e. The lowest BCUT2D eigenvalue weighted by Crippen LogP contribution is -2.19. The van der Waals surface area contributed by atoms with Gasteiger partial charge in [0.15, 0.2) is 5.82 Å². The normalized spacial score (nSPS) is 12.5. The maximum Gasteiger partial charge on any atom is 0.159 e. The van der Waals surface area contributed by atoms with Crippen LogP contribution in [0.4, 0.5) is 5.82 Å². The highest BCUT2D eigenvalue weighted by Gasteiger charge is 2.28. The van der Waals surface area contributed by atoms with E-state index < -0.39 is 0 Å². The fraction of sp³-hybridized carbons (Fsp3) is 0.500. The number of ether oxygens (including phenoxy) is 1. The molecule has 0 saturated carbocycles. The minimum absolute atomic E-state index is 0.0294. The molecule has 0 unspecified atom stereocenters. The van der Waals surface area contributed by atoms with Crippen molar-refractivity contribution in [2.45, 2.75) is 52.4 Å². The van der Waals surface area contributed by atoms with Crippen LogP contribution < -0.4 is 10.5 Å². The first-order valence-electron chi connectivity index (χ1n) is 7.69. The van der Waals surface area contributed by atoms with Crippen LogP contribution in [0.15, 0.2) is 12.1 Å². The number of hydrogen-bond donors (Lipinski definition) is 2. The summed E-state index contributed by atoms with van der Waals surface area (Å²) in [7, 11) is 1.75. The predicted octanol–water partition coefficient (Wildman–Crippen LogP) is 4.87. The summed E-state index contributed by atoms with van der Waals surface area (Å²) in [6.45, 7) is 13.2. The van der Waals surface area contributed by atoms with Crippen molar-refractivity contribution in [1.29, 1.82) is 0 Å². The second kappa shape index (κ2) is 6.00. The highest BCUT2D eigenvalue weighted by atomic mass is 127. The van der Waals surface area contributed by atoms with Crippen molar-refractivity contribution < 1.29 is 4.74 Å². The van der Waals surface area contributed by atoms with E-state index in [9.17, 15) is 0 Å². The van der Waals surface area contributed by atoms with Crippen LogP contribution in [0.5, 0.6) is 5.75 Å². The Hall–Kier alpha value is -1.24. The first-order valence-corrected chi connectivity index (χ1v) is 8.77. The molecular weight excluding hydrogens is 401 g/mol. The van der Waals surface area contributed by atoms with Gasteiger partial charge in [0.05, 0.1) is 16.4 Å². The minimum atomic E-state index is -0.0294. The molecule has 1 heterocycles. The van der Waals surface area contributed by atoms with Gasteiger partial charge in [-0.2, -0.15) is 5.10 Å². The highest BCUT2D eigenvalue weighted by molar-refractivity contribution is 14.1. The second-order valence-corrected chi connectivity index (χ2v) is 8.98. The average molecular weight is 427 g/mol. The number of rotatable bonds is 2. The Labute approximate surface area is 152 Å². The molecule has 5 heteroatoms. The van der Waals surface area contributed by atoms with Crippen LogP contribution in [0.2, 0.25) is 0 Å². The summed E-state index contributed by atoms with van der Waals surface area (Å²) in [6, 6.07) is 4.37. The van der Waals surface area contributed by atoms with E-state index in [2.05, 4.69) is 86.5 Å². The Morgan fingerprint density at radius 1 is 1.04 bits per heavy atom. The molecule has 0 fully saturated rings. The summed E-state index contributed by atoms with van der Waals surface area (Å²) in [5.74, 6) is 1.50. The minimum Gasteiger partial charge on any atom is -0.496 e. The van der Waals surface area contributed by atoms with Crippen molar-refractivity contribution in [3.8, 4) is 17.0 Å². The lowest BCUT2D eigenvalue weighted by molar-refractivity contribution is 0.381. The van der Waals surface area contributed by atoms with Gasteiger partial charge in [0, 0.05) is 16.7 Å². The zero-order chi connectivity index (χ0) is 17.6. The maximum atomic E-state index is 5.91. The zero-order valence-corrected chi connectivity index (χ0v) is 17.1. The van der Waals surface area contributed by atoms with Crippen molar-refractivity contribution in [2.24, 2.45) is 0 Å². The monoisotopic (exact) mass is 427 g/mol. The summed E-state index contributed by atoms with van der Waals surface area (Å²) < 4.78 is 6.75. The van der Waals surface area contributed by atoms with Crippen LogP contribution >= 0.6 is 22.6 Å². The molecule has 0 amide bonds. The number of nitrogens with one attached hydrogen (secondary N) is 1. The van der Waals surface area contributed by atoms with Crippen molar-refractivity contribution in [3.05, 3.63) is 26.8 Å². The van der Waals surface area contributed by atoms with Crippen LogP contribution in [0, 0.1) is 3.57 Å². The van der Waals surface area contributed by atoms with E-state index in [4.69, 9.17) is 10.5 Å². The molecule has 126 valence electrons. The summed E-state index contributed by atoms with van der Waals surface area (Å²) >= 11 is 2.24. The van der Waals surface area contributed by atoms with Gasteiger partial charge < -0.3 is 10.5 Å². The van der Waals surface area contributed by atoms with Crippen molar-refractivity contribution in [1.82, 2.24) is 10.2 Å². The molecule has 0 atom stereocenters. The molecule has 0 saturated heterocycles. The van der Waals surface area contributed by atoms with Crippen LogP contribution in [0.25, 0.3) is 11.3 Å². The highest BCUT2D eigenvalue weighted by Crippen LogP contribution is 2.43. The number of aromatic nitrogens is 2. The average Bonchev–Trinajstić information content (AvgIpc) is 2.75. The summed E-state index contributed by atoms with van der Waals surface area (Å²) in [5, 5.41) is 7.19. The lowest BCUT2D eigenvalue weighted by Gasteiger charge is -2.30. The summed E-state index contributed by atoms with van der Waals surface area (Å²) in [5.41, 5.74) is 10.3. The number of benzene rings is 1. The summed E-state index contributed by atoms with van der Waals surface area (Å²) in [4.78, 5) is 0. The molecule has 1 aromatic carbocycles. The first-order chi connectivity index (χ1) is 10.5. The SMILES string of the molecule is COc1c(C(C)(C)C)cc(-c2[nH]nc(N)c2I)cc1C(C)(C)C. The van der Waals surface area contributed by atoms with Gasteiger partial charge in [-0.3, -0.25) is 5.10 Å². The number of anilines is 1. The molecule has 2 rings (SSSR count). The van der Waals surface area contributed by atoms with E-state index in [-0.39, 0.29) is 10.8 Å². The second-order valence-electron chi connectivity index (χ2n) is 7.90. The van der Waals surface area contributed by atoms with E-state index in [1.54, 1.807) is 7.11 Å². The number of nitrogens with two attached hydrogens (primary N) is 1. The number of aromatic amines is 1. The summed E-state index contributed by atoms with van der Waals surface area (Å²) in [6.07, 6.45) is 0. The molecule has 0 aliphatic rings. The molecular formula is C18H26IN3O. The largest absolute Gasteiger partial charge is 0.496 e. The molecule has 4 nitrogen and oxygen atoms in total. The van der Waals surface area contributed by atoms with Gasteiger partial charge >= 0.3 is 0 Å². The molecule has 0 radical (unpaired) electrons. The van der Waals surface area contributed by atoms with E-state index in [0.29, 0.717) is 5.82 Å². The molecule has 0 aliphatic carbocycles. The molecule has 0 spiro atoms. The van der Waals surface area contributed by atoms with Gasteiger partial charge in [0.2, 0.25) is 0 Å². The number of hydrogen-bond acceptors (Lipinski definition) is 3.